The quantitative estimate of drug-likeness (QED) is 0.947. The molecule has 0 spiro atoms. The van der Waals surface area contributed by atoms with Crippen LogP contribution in [-0.4, -0.2) is 23.8 Å². The summed E-state index contributed by atoms with van der Waals surface area (Å²) >= 11 is 0. The summed E-state index contributed by atoms with van der Waals surface area (Å²) in [6.07, 6.45) is 0.178. The molecule has 0 unspecified atom stereocenters. The van der Waals surface area contributed by atoms with Gasteiger partial charge in [0.25, 0.3) is 0 Å². The van der Waals surface area contributed by atoms with Gasteiger partial charge in [0, 0.05) is 19.2 Å². The molecule has 22 heavy (non-hydrogen) atoms. The maximum Gasteiger partial charge on any atom is 0.230 e. The molecule has 1 N–H and O–H groups in total. The van der Waals surface area contributed by atoms with E-state index in [2.05, 4.69) is 5.32 Å². The lowest BCUT2D eigenvalue weighted by Gasteiger charge is -2.28. The van der Waals surface area contributed by atoms with Crippen LogP contribution in [0.3, 0.4) is 0 Å². The van der Waals surface area contributed by atoms with E-state index in [1.165, 1.54) is 0 Å². The number of carbonyl (C=O) groups is 2. The Morgan fingerprint density at radius 3 is 2.82 bits per heavy atom. The fourth-order valence-corrected chi connectivity index (χ4v) is 2.78. The van der Waals surface area contributed by atoms with Gasteiger partial charge in [-0.25, -0.2) is 0 Å². The Hall–Kier alpha value is -2.56. The highest BCUT2D eigenvalue weighted by Gasteiger charge is 2.32. The number of rotatable bonds is 3. The number of anilines is 1. The second-order valence-electron chi connectivity index (χ2n) is 5.60. The van der Waals surface area contributed by atoms with Crippen LogP contribution in [0.25, 0.3) is 0 Å². The Morgan fingerprint density at radius 1 is 1.32 bits per heavy atom. The highest BCUT2D eigenvalue weighted by atomic mass is 16.3. The minimum atomic E-state index is -0.439. The van der Waals surface area contributed by atoms with E-state index >= 15 is 0 Å². The van der Waals surface area contributed by atoms with Crippen LogP contribution in [0.1, 0.15) is 29.4 Å². The third kappa shape index (κ3) is 2.74. The van der Waals surface area contributed by atoms with Crippen molar-refractivity contribution in [1.82, 2.24) is 4.90 Å². The maximum absolute atomic E-state index is 12.7. The molecular weight excluding hydrogens is 280 g/mol. The Bertz CT molecular complexity index is 720. The van der Waals surface area contributed by atoms with Gasteiger partial charge >= 0.3 is 0 Å². The van der Waals surface area contributed by atoms with E-state index in [0.717, 1.165) is 22.8 Å². The van der Waals surface area contributed by atoms with Crippen molar-refractivity contribution in [3.05, 3.63) is 53.5 Å². The number of aryl methyl sites for hydroxylation is 1. The minimum Gasteiger partial charge on any atom is -0.464 e. The van der Waals surface area contributed by atoms with Gasteiger partial charge in [0.1, 0.15) is 11.5 Å². The highest BCUT2D eigenvalue weighted by Crippen LogP contribution is 2.33. The average molecular weight is 298 g/mol. The predicted octanol–water partition coefficient (Wildman–Crippen LogP) is 2.67. The molecule has 1 aliphatic rings. The summed E-state index contributed by atoms with van der Waals surface area (Å²) in [6, 6.07) is 11.2. The zero-order chi connectivity index (χ0) is 15.7. The van der Waals surface area contributed by atoms with E-state index in [1.54, 1.807) is 11.9 Å². The molecule has 5 heteroatoms. The van der Waals surface area contributed by atoms with Crippen molar-refractivity contribution in [3.63, 3.8) is 0 Å². The molecular formula is C17H18N2O3. The first-order valence-electron chi connectivity index (χ1n) is 7.23. The first kappa shape index (κ1) is 14.4. The van der Waals surface area contributed by atoms with Gasteiger partial charge in [0.2, 0.25) is 11.8 Å². The Kier molecular flexibility index (Phi) is 3.71. The highest BCUT2D eigenvalue weighted by molar-refractivity contribution is 6.01. The van der Waals surface area contributed by atoms with Crippen LogP contribution in [-0.2, 0) is 16.1 Å². The smallest absolute Gasteiger partial charge is 0.230 e. The van der Waals surface area contributed by atoms with E-state index in [0.29, 0.717) is 6.54 Å². The lowest BCUT2D eigenvalue weighted by Crippen LogP contribution is -2.36. The van der Waals surface area contributed by atoms with Gasteiger partial charge in [-0.1, -0.05) is 18.2 Å². The summed E-state index contributed by atoms with van der Waals surface area (Å²) in [7, 11) is 1.73. The summed E-state index contributed by atoms with van der Waals surface area (Å²) < 4.78 is 5.51. The van der Waals surface area contributed by atoms with E-state index in [1.807, 2.05) is 43.3 Å². The third-order valence-corrected chi connectivity index (χ3v) is 3.86. The van der Waals surface area contributed by atoms with Gasteiger partial charge in [0.05, 0.1) is 12.5 Å². The fraction of sp³-hybridized carbons (Fsp3) is 0.294. The van der Waals surface area contributed by atoms with Crippen molar-refractivity contribution in [1.29, 1.82) is 0 Å². The molecule has 0 saturated heterocycles. The Morgan fingerprint density at radius 2 is 2.09 bits per heavy atom. The third-order valence-electron chi connectivity index (χ3n) is 3.86. The molecule has 0 saturated carbocycles. The summed E-state index contributed by atoms with van der Waals surface area (Å²) in [4.78, 5) is 26.2. The number of fused-ring (bicyclic) bond motifs is 1. The number of nitrogens with one attached hydrogen (secondary N) is 1. The maximum atomic E-state index is 12.7. The lowest BCUT2D eigenvalue weighted by atomic mass is 9.89. The molecule has 1 aromatic carbocycles. The molecule has 2 amide bonds. The molecule has 2 aromatic rings. The van der Waals surface area contributed by atoms with Gasteiger partial charge in [-0.2, -0.15) is 0 Å². The van der Waals surface area contributed by atoms with Gasteiger partial charge in [-0.3, -0.25) is 9.59 Å². The molecule has 0 bridgehead atoms. The number of amides is 2. The fourth-order valence-electron chi connectivity index (χ4n) is 2.78. The van der Waals surface area contributed by atoms with Crippen LogP contribution in [0.5, 0.6) is 0 Å². The summed E-state index contributed by atoms with van der Waals surface area (Å²) in [5.74, 6) is 0.918. The van der Waals surface area contributed by atoms with Crippen LogP contribution < -0.4 is 5.32 Å². The van der Waals surface area contributed by atoms with E-state index in [4.69, 9.17) is 4.42 Å². The normalized spacial score (nSPS) is 16.8. The van der Waals surface area contributed by atoms with E-state index < -0.39 is 5.92 Å². The second-order valence-corrected chi connectivity index (χ2v) is 5.60. The monoisotopic (exact) mass is 298 g/mol. The molecule has 1 aliphatic heterocycles. The molecule has 114 valence electrons. The number of hydrogen-bond acceptors (Lipinski definition) is 3. The second kappa shape index (κ2) is 5.67. The lowest BCUT2D eigenvalue weighted by molar-refractivity contribution is -0.134. The zero-order valence-electron chi connectivity index (χ0n) is 12.6. The van der Waals surface area contributed by atoms with E-state index in [9.17, 15) is 9.59 Å². The standard InChI is InChI=1S/C17H18N2O3/c1-11-7-8-12(22-11)10-19(2)17(21)14-9-16(20)18-15-6-4-3-5-13(14)15/h3-8,14H,9-10H2,1-2H3,(H,18,20)/t14-/m0/s1. The van der Waals surface area contributed by atoms with Crippen molar-refractivity contribution in [2.75, 3.05) is 12.4 Å². The molecule has 0 fully saturated rings. The van der Waals surface area contributed by atoms with Crippen molar-refractivity contribution >= 4 is 17.5 Å². The van der Waals surface area contributed by atoms with Gasteiger partial charge < -0.3 is 14.6 Å². The number of likely N-dealkylation sites (N-methyl/N-ethyl adjacent to an activating group) is 1. The van der Waals surface area contributed by atoms with Crippen LogP contribution in [0, 0.1) is 6.92 Å². The largest absolute Gasteiger partial charge is 0.464 e. The van der Waals surface area contributed by atoms with Gasteiger partial charge in [-0.05, 0) is 30.7 Å². The Labute approximate surface area is 128 Å². The first-order valence-corrected chi connectivity index (χ1v) is 7.23. The molecule has 1 aromatic heterocycles. The van der Waals surface area contributed by atoms with Crippen molar-refractivity contribution < 1.29 is 14.0 Å². The van der Waals surface area contributed by atoms with Crippen LogP contribution >= 0.6 is 0 Å². The summed E-state index contributed by atoms with van der Waals surface area (Å²) in [6.45, 7) is 2.26. The molecule has 2 heterocycles. The van der Waals surface area contributed by atoms with Crippen LogP contribution in [0.2, 0.25) is 0 Å². The summed E-state index contributed by atoms with van der Waals surface area (Å²) in [5, 5.41) is 2.81. The SMILES string of the molecule is Cc1ccc(CN(C)C(=O)[C@H]2CC(=O)Nc3ccccc32)o1. The average Bonchev–Trinajstić information content (AvgIpc) is 2.90. The summed E-state index contributed by atoms with van der Waals surface area (Å²) in [5.41, 5.74) is 1.59. The number of carbonyl (C=O) groups excluding carboxylic acids is 2. The van der Waals surface area contributed by atoms with Crippen LogP contribution in [0.4, 0.5) is 5.69 Å². The van der Waals surface area contributed by atoms with Crippen LogP contribution in [0.15, 0.2) is 40.8 Å². The molecule has 0 aliphatic carbocycles. The minimum absolute atomic E-state index is 0.0728. The Balaban J connectivity index is 1.81. The molecule has 5 nitrogen and oxygen atoms in total. The molecule has 0 radical (unpaired) electrons. The van der Waals surface area contributed by atoms with E-state index in [-0.39, 0.29) is 18.2 Å². The zero-order valence-corrected chi connectivity index (χ0v) is 12.6. The molecule has 3 rings (SSSR count). The van der Waals surface area contributed by atoms with Crippen molar-refractivity contribution in [3.8, 4) is 0 Å². The number of nitrogens with zero attached hydrogens (tertiary/aromatic N) is 1. The first-order chi connectivity index (χ1) is 10.5. The number of hydrogen-bond donors (Lipinski definition) is 1. The molecule has 1 atom stereocenters. The van der Waals surface area contributed by atoms with Gasteiger partial charge in [0.15, 0.2) is 0 Å². The van der Waals surface area contributed by atoms with Crippen molar-refractivity contribution in [2.24, 2.45) is 0 Å². The number of furan rings is 1. The topological polar surface area (TPSA) is 62.6 Å². The van der Waals surface area contributed by atoms with Gasteiger partial charge in [-0.15, -0.1) is 0 Å². The van der Waals surface area contributed by atoms with Crippen molar-refractivity contribution in [2.45, 2.75) is 25.8 Å². The predicted molar refractivity (Wildman–Crippen MR) is 82.3 cm³/mol. The number of benzene rings is 1. The number of para-hydroxylation sites is 1.